The van der Waals surface area contributed by atoms with Gasteiger partial charge < -0.3 is 10.2 Å². The summed E-state index contributed by atoms with van der Waals surface area (Å²) in [6.45, 7) is 6.97. The van der Waals surface area contributed by atoms with Crippen molar-refractivity contribution in [2.24, 2.45) is 11.7 Å². The third kappa shape index (κ3) is 3.54. The van der Waals surface area contributed by atoms with Crippen LogP contribution in [0.1, 0.15) is 31.2 Å². The molecule has 0 aliphatic carbocycles. The van der Waals surface area contributed by atoms with Crippen molar-refractivity contribution in [3.63, 3.8) is 0 Å². The standard InChI is InChI=1S/C16H23N3OS.ClH/c1-11-5-3-7-19(14(11)9-17)10-13-12(2)20-16(18-13)15-6-4-8-21-15;/h4,6,8,11,14H,3,5,7,9-10,17H2,1-2H3;1H. The Hall–Kier alpha value is -0.880. The Balaban J connectivity index is 0.00000176. The highest BCUT2D eigenvalue weighted by Gasteiger charge is 2.28. The number of piperidine rings is 1. The Morgan fingerprint density at radius 2 is 2.32 bits per heavy atom. The molecule has 0 amide bonds. The maximum absolute atomic E-state index is 5.97. The molecule has 6 heteroatoms. The second-order valence-electron chi connectivity index (χ2n) is 5.89. The minimum atomic E-state index is 0. The van der Waals surface area contributed by atoms with Gasteiger partial charge in [0.1, 0.15) is 5.76 Å². The molecule has 3 rings (SSSR count). The summed E-state index contributed by atoms with van der Waals surface area (Å²) in [6.07, 6.45) is 2.52. The van der Waals surface area contributed by atoms with E-state index in [0.717, 1.165) is 41.9 Å². The van der Waals surface area contributed by atoms with Crippen LogP contribution in [0.4, 0.5) is 0 Å². The van der Waals surface area contributed by atoms with Gasteiger partial charge in [0.15, 0.2) is 0 Å². The lowest BCUT2D eigenvalue weighted by Gasteiger charge is -2.39. The van der Waals surface area contributed by atoms with E-state index in [2.05, 4.69) is 11.8 Å². The summed E-state index contributed by atoms with van der Waals surface area (Å²) < 4.78 is 5.84. The minimum absolute atomic E-state index is 0. The number of aryl methyl sites for hydroxylation is 1. The molecule has 2 unspecified atom stereocenters. The summed E-state index contributed by atoms with van der Waals surface area (Å²) >= 11 is 1.66. The molecule has 2 atom stereocenters. The zero-order valence-corrected chi connectivity index (χ0v) is 14.8. The Morgan fingerprint density at radius 3 is 3.00 bits per heavy atom. The van der Waals surface area contributed by atoms with E-state index in [1.807, 2.05) is 24.4 Å². The third-order valence-electron chi connectivity index (χ3n) is 4.45. The predicted octanol–water partition coefficient (Wildman–Crippen LogP) is 3.69. The molecular formula is C16H24ClN3OS. The third-order valence-corrected chi connectivity index (χ3v) is 5.31. The molecule has 0 saturated carbocycles. The summed E-state index contributed by atoms with van der Waals surface area (Å²) in [5.74, 6) is 2.33. The number of hydrogen-bond donors (Lipinski definition) is 1. The van der Waals surface area contributed by atoms with Gasteiger partial charge in [0.05, 0.1) is 10.6 Å². The molecule has 2 aromatic rings. The van der Waals surface area contributed by atoms with E-state index in [9.17, 15) is 0 Å². The van der Waals surface area contributed by atoms with Crippen molar-refractivity contribution < 1.29 is 4.42 Å². The van der Waals surface area contributed by atoms with Gasteiger partial charge in [0, 0.05) is 19.1 Å². The second-order valence-corrected chi connectivity index (χ2v) is 6.84. The Labute approximate surface area is 142 Å². The summed E-state index contributed by atoms with van der Waals surface area (Å²) in [4.78, 5) is 8.26. The Morgan fingerprint density at radius 1 is 1.50 bits per heavy atom. The number of nitrogens with zero attached hydrogens (tertiary/aromatic N) is 2. The zero-order valence-electron chi connectivity index (χ0n) is 13.1. The first-order valence-corrected chi connectivity index (χ1v) is 8.51. The van der Waals surface area contributed by atoms with Crippen molar-refractivity contribution in [3.05, 3.63) is 29.0 Å². The lowest BCUT2D eigenvalue weighted by molar-refractivity contribution is 0.0975. The molecule has 122 valence electrons. The molecule has 1 aliphatic rings. The van der Waals surface area contributed by atoms with Crippen molar-refractivity contribution in [2.75, 3.05) is 13.1 Å². The van der Waals surface area contributed by atoms with Crippen LogP contribution in [0.15, 0.2) is 21.9 Å². The van der Waals surface area contributed by atoms with Gasteiger partial charge in [-0.1, -0.05) is 13.0 Å². The molecule has 0 bridgehead atoms. The highest BCUT2D eigenvalue weighted by Crippen LogP contribution is 2.28. The van der Waals surface area contributed by atoms with E-state index in [1.165, 1.54) is 12.8 Å². The fourth-order valence-corrected chi connectivity index (χ4v) is 3.83. The molecule has 2 N–H and O–H groups in total. The van der Waals surface area contributed by atoms with Gasteiger partial charge in [-0.25, -0.2) is 4.98 Å². The van der Waals surface area contributed by atoms with Crippen molar-refractivity contribution in [3.8, 4) is 10.8 Å². The maximum Gasteiger partial charge on any atom is 0.236 e. The quantitative estimate of drug-likeness (QED) is 0.921. The van der Waals surface area contributed by atoms with E-state index < -0.39 is 0 Å². The van der Waals surface area contributed by atoms with E-state index in [-0.39, 0.29) is 12.4 Å². The van der Waals surface area contributed by atoms with Gasteiger partial charge in [0.2, 0.25) is 5.89 Å². The fraction of sp³-hybridized carbons (Fsp3) is 0.562. The first-order chi connectivity index (χ1) is 10.2. The average Bonchev–Trinajstić information content (AvgIpc) is 3.10. The highest BCUT2D eigenvalue weighted by molar-refractivity contribution is 7.13. The SMILES string of the molecule is Cc1oc(-c2cccs2)nc1CN1CCCC(C)C1CN.Cl. The molecule has 1 fully saturated rings. The van der Waals surface area contributed by atoms with Gasteiger partial charge in [-0.05, 0) is 43.7 Å². The van der Waals surface area contributed by atoms with Crippen LogP contribution >= 0.6 is 23.7 Å². The van der Waals surface area contributed by atoms with Crippen LogP contribution < -0.4 is 5.73 Å². The number of thiophene rings is 1. The zero-order chi connectivity index (χ0) is 14.8. The van der Waals surface area contributed by atoms with Gasteiger partial charge in [-0.2, -0.15) is 0 Å². The summed E-state index contributed by atoms with van der Waals surface area (Å²) in [7, 11) is 0. The predicted molar refractivity (Wildman–Crippen MR) is 93.5 cm³/mol. The van der Waals surface area contributed by atoms with Gasteiger partial charge in [0.25, 0.3) is 0 Å². The van der Waals surface area contributed by atoms with Gasteiger partial charge >= 0.3 is 0 Å². The van der Waals surface area contributed by atoms with Gasteiger partial charge in [-0.15, -0.1) is 23.7 Å². The molecular weight excluding hydrogens is 318 g/mol. The summed E-state index contributed by atoms with van der Waals surface area (Å²) in [5, 5.41) is 2.05. The maximum atomic E-state index is 5.97. The monoisotopic (exact) mass is 341 g/mol. The lowest BCUT2D eigenvalue weighted by atomic mass is 9.90. The number of aromatic nitrogens is 1. The van der Waals surface area contributed by atoms with Crippen LogP contribution in [0.5, 0.6) is 0 Å². The van der Waals surface area contributed by atoms with Crippen LogP contribution in [0.2, 0.25) is 0 Å². The lowest BCUT2D eigenvalue weighted by Crippen LogP contribution is -2.48. The highest BCUT2D eigenvalue weighted by atomic mass is 35.5. The first-order valence-electron chi connectivity index (χ1n) is 7.63. The van der Waals surface area contributed by atoms with Crippen LogP contribution in [0.25, 0.3) is 10.8 Å². The Bertz CT molecular complexity index is 584. The van der Waals surface area contributed by atoms with Crippen LogP contribution in [0, 0.1) is 12.8 Å². The molecule has 2 aromatic heterocycles. The molecule has 1 saturated heterocycles. The molecule has 22 heavy (non-hydrogen) atoms. The van der Waals surface area contributed by atoms with E-state index in [1.54, 1.807) is 11.3 Å². The number of oxazole rings is 1. The molecule has 1 aliphatic heterocycles. The normalized spacial score (nSPS) is 22.5. The molecule has 0 aromatic carbocycles. The number of likely N-dealkylation sites (tertiary alicyclic amines) is 1. The Kier molecular flexibility index (Phi) is 6.03. The topological polar surface area (TPSA) is 55.3 Å². The van der Waals surface area contributed by atoms with Crippen molar-refractivity contribution in [1.29, 1.82) is 0 Å². The number of rotatable bonds is 4. The van der Waals surface area contributed by atoms with Crippen molar-refractivity contribution in [2.45, 2.75) is 39.3 Å². The molecule has 0 spiro atoms. The van der Waals surface area contributed by atoms with Crippen LogP contribution in [0.3, 0.4) is 0 Å². The average molecular weight is 342 g/mol. The van der Waals surface area contributed by atoms with Crippen LogP contribution in [-0.2, 0) is 6.54 Å². The number of hydrogen-bond acceptors (Lipinski definition) is 5. The molecule has 4 nitrogen and oxygen atoms in total. The fourth-order valence-electron chi connectivity index (χ4n) is 3.18. The summed E-state index contributed by atoms with van der Waals surface area (Å²) in [6, 6.07) is 4.53. The largest absolute Gasteiger partial charge is 0.440 e. The first kappa shape index (κ1) is 17.5. The van der Waals surface area contributed by atoms with Crippen molar-refractivity contribution >= 4 is 23.7 Å². The van der Waals surface area contributed by atoms with Crippen molar-refractivity contribution in [1.82, 2.24) is 9.88 Å². The number of nitrogens with two attached hydrogens (primary N) is 1. The minimum Gasteiger partial charge on any atom is -0.440 e. The van der Waals surface area contributed by atoms with E-state index in [0.29, 0.717) is 12.0 Å². The van der Waals surface area contributed by atoms with E-state index >= 15 is 0 Å². The molecule has 3 heterocycles. The molecule has 0 radical (unpaired) electrons. The van der Waals surface area contributed by atoms with E-state index in [4.69, 9.17) is 15.1 Å². The van der Waals surface area contributed by atoms with Crippen LogP contribution in [-0.4, -0.2) is 29.0 Å². The summed E-state index contributed by atoms with van der Waals surface area (Å²) in [5.41, 5.74) is 7.02. The van der Waals surface area contributed by atoms with Gasteiger partial charge in [-0.3, -0.25) is 4.90 Å². The second kappa shape index (κ2) is 7.59. The smallest absolute Gasteiger partial charge is 0.236 e. The number of halogens is 1.